The number of aromatic nitrogens is 3. The van der Waals surface area contributed by atoms with Crippen molar-refractivity contribution < 1.29 is 4.79 Å². The van der Waals surface area contributed by atoms with E-state index in [1.165, 1.54) is 0 Å². The molecule has 27 heavy (non-hydrogen) atoms. The summed E-state index contributed by atoms with van der Waals surface area (Å²) in [6.45, 7) is 5.04. The molecule has 0 aliphatic carbocycles. The molecular formula is C22H30N4O. The number of nitrogen functional groups attached to an aromatic ring is 1. The van der Waals surface area contributed by atoms with Crippen LogP contribution in [-0.4, -0.2) is 20.3 Å². The molecule has 1 aromatic carbocycles. The number of imidazole rings is 1. The third-order valence-electron chi connectivity index (χ3n) is 5.17. The molecule has 0 saturated heterocycles. The van der Waals surface area contributed by atoms with E-state index in [2.05, 4.69) is 22.5 Å². The van der Waals surface area contributed by atoms with E-state index < -0.39 is 0 Å². The van der Waals surface area contributed by atoms with Gasteiger partial charge in [0, 0.05) is 31.2 Å². The minimum absolute atomic E-state index is 0.358. The zero-order chi connectivity index (χ0) is 19.2. The Hall–Kier alpha value is -2.43. The standard InChI is InChI=1S/C22H30N4O/c1-3-5-14-19-25-20-21(17-12-8-9-13-18(17)24-22(20)23)26(19)15-10-6-7-11-16(27)4-2/h8-9,12-13H,3-7,10-11,14-15H2,1-2H3,(H2,23,24). The maximum Gasteiger partial charge on any atom is 0.152 e. The highest BCUT2D eigenvalue weighted by molar-refractivity contribution is 6.06. The topological polar surface area (TPSA) is 73.8 Å². The number of fused-ring (bicyclic) bond motifs is 3. The fourth-order valence-corrected chi connectivity index (χ4v) is 3.62. The van der Waals surface area contributed by atoms with Crippen molar-refractivity contribution in [3.63, 3.8) is 0 Å². The molecule has 0 spiro atoms. The minimum Gasteiger partial charge on any atom is -0.382 e. The molecule has 0 unspecified atom stereocenters. The maximum atomic E-state index is 11.5. The van der Waals surface area contributed by atoms with Crippen molar-refractivity contribution in [1.29, 1.82) is 0 Å². The van der Waals surface area contributed by atoms with Crippen molar-refractivity contribution in [3.05, 3.63) is 30.1 Å². The van der Waals surface area contributed by atoms with Gasteiger partial charge in [-0.3, -0.25) is 4.79 Å². The number of rotatable bonds is 10. The number of aryl methyl sites for hydroxylation is 2. The molecule has 144 valence electrons. The zero-order valence-corrected chi connectivity index (χ0v) is 16.5. The predicted molar refractivity (Wildman–Crippen MR) is 112 cm³/mol. The molecule has 2 aromatic heterocycles. The van der Waals surface area contributed by atoms with E-state index in [0.29, 0.717) is 24.4 Å². The normalized spacial score (nSPS) is 11.5. The zero-order valence-electron chi connectivity index (χ0n) is 16.5. The van der Waals surface area contributed by atoms with Crippen LogP contribution in [0.25, 0.3) is 21.9 Å². The number of anilines is 1. The molecule has 0 aliphatic heterocycles. The number of hydrogen-bond donors (Lipinski definition) is 1. The van der Waals surface area contributed by atoms with Crippen molar-refractivity contribution in [2.75, 3.05) is 5.73 Å². The summed E-state index contributed by atoms with van der Waals surface area (Å²) in [5.74, 6) is 1.96. The summed E-state index contributed by atoms with van der Waals surface area (Å²) >= 11 is 0. The van der Waals surface area contributed by atoms with Crippen LogP contribution in [0.15, 0.2) is 24.3 Å². The summed E-state index contributed by atoms with van der Waals surface area (Å²) in [5, 5.41) is 1.11. The van der Waals surface area contributed by atoms with Gasteiger partial charge in [0.2, 0.25) is 0 Å². The summed E-state index contributed by atoms with van der Waals surface area (Å²) in [7, 11) is 0. The Kier molecular flexibility index (Phi) is 6.43. The quantitative estimate of drug-likeness (QED) is 0.510. The molecule has 0 atom stereocenters. The molecule has 0 fully saturated rings. The fourth-order valence-electron chi connectivity index (χ4n) is 3.62. The summed E-state index contributed by atoms with van der Waals surface area (Å²) in [6.07, 6.45) is 7.60. The lowest BCUT2D eigenvalue weighted by Crippen LogP contribution is -2.05. The molecule has 0 radical (unpaired) electrons. The molecule has 3 aromatic rings. The molecule has 5 heteroatoms. The second-order valence-electron chi connectivity index (χ2n) is 7.20. The average Bonchev–Trinajstić information content (AvgIpc) is 3.05. The van der Waals surface area contributed by atoms with E-state index in [1.54, 1.807) is 0 Å². The van der Waals surface area contributed by atoms with Crippen molar-refractivity contribution in [1.82, 2.24) is 14.5 Å². The molecule has 3 rings (SSSR count). The molecule has 2 heterocycles. The van der Waals surface area contributed by atoms with Gasteiger partial charge in [0.15, 0.2) is 5.82 Å². The van der Waals surface area contributed by atoms with Crippen LogP contribution in [0.1, 0.15) is 64.6 Å². The summed E-state index contributed by atoms with van der Waals surface area (Å²) in [6, 6.07) is 8.14. The number of ketones is 1. The number of hydrogen-bond acceptors (Lipinski definition) is 4. The van der Waals surface area contributed by atoms with Crippen LogP contribution in [-0.2, 0) is 17.8 Å². The SMILES string of the molecule is CCCCc1nc2c(N)nc3ccccc3c2n1CCCCCC(=O)CC. The van der Waals surface area contributed by atoms with Crippen molar-refractivity contribution in [2.24, 2.45) is 0 Å². The van der Waals surface area contributed by atoms with Crippen LogP contribution in [0.4, 0.5) is 5.82 Å². The molecule has 0 saturated carbocycles. The Labute approximate surface area is 161 Å². The highest BCUT2D eigenvalue weighted by atomic mass is 16.1. The lowest BCUT2D eigenvalue weighted by atomic mass is 10.1. The molecule has 0 amide bonds. The van der Waals surface area contributed by atoms with Crippen LogP contribution in [0.5, 0.6) is 0 Å². The Morgan fingerprint density at radius 2 is 1.89 bits per heavy atom. The largest absolute Gasteiger partial charge is 0.382 e. The molecule has 0 aliphatic rings. The monoisotopic (exact) mass is 366 g/mol. The fraction of sp³-hybridized carbons (Fsp3) is 0.500. The highest BCUT2D eigenvalue weighted by Crippen LogP contribution is 2.29. The number of nitrogens with two attached hydrogens (primary N) is 1. The van der Waals surface area contributed by atoms with E-state index in [4.69, 9.17) is 10.7 Å². The van der Waals surface area contributed by atoms with Crippen molar-refractivity contribution in [2.45, 2.75) is 71.8 Å². The first kappa shape index (κ1) is 19.3. The van der Waals surface area contributed by atoms with Gasteiger partial charge in [-0.25, -0.2) is 9.97 Å². The van der Waals surface area contributed by atoms with E-state index >= 15 is 0 Å². The Balaban J connectivity index is 1.91. The lowest BCUT2D eigenvalue weighted by Gasteiger charge is -2.11. The van der Waals surface area contributed by atoms with Crippen molar-refractivity contribution in [3.8, 4) is 0 Å². The predicted octanol–water partition coefficient (Wildman–Crippen LogP) is 5.05. The van der Waals surface area contributed by atoms with Gasteiger partial charge >= 0.3 is 0 Å². The van der Waals surface area contributed by atoms with E-state index in [9.17, 15) is 4.79 Å². The number of para-hydroxylation sites is 1. The molecule has 5 nitrogen and oxygen atoms in total. The first-order valence-corrected chi connectivity index (χ1v) is 10.2. The third kappa shape index (κ3) is 4.29. The number of nitrogens with zero attached hydrogens (tertiary/aromatic N) is 3. The minimum atomic E-state index is 0.358. The number of pyridine rings is 1. The van der Waals surface area contributed by atoms with Gasteiger partial charge in [0.25, 0.3) is 0 Å². The summed E-state index contributed by atoms with van der Waals surface area (Å²) in [5.41, 5.74) is 9.08. The second-order valence-corrected chi connectivity index (χ2v) is 7.20. The number of benzene rings is 1. The van der Waals surface area contributed by atoms with Gasteiger partial charge in [0.1, 0.15) is 17.1 Å². The van der Waals surface area contributed by atoms with Gasteiger partial charge in [-0.2, -0.15) is 0 Å². The number of Topliss-reactive ketones (excluding diaryl/α,β-unsaturated/α-hetero) is 1. The van der Waals surface area contributed by atoms with Crippen molar-refractivity contribution >= 4 is 33.5 Å². The van der Waals surface area contributed by atoms with Crippen LogP contribution in [0, 0.1) is 0 Å². The van der Waals surface area contributed by atoms with Crippen LogP contribution in [0.3, 0.4) is 0 Å². The number of carbonyl (C=O) groups is 1. The van der Waals surface area contributed by atoms with Gasteiger partial charge in [-0.15, -0.1) is 0 Å². The lowest BCUT2D eigenvalue weighted by molar-refractivity contribution is -0.118. The average molecular weight is 367 g/mol. The van der Waals surface area contributed by atoms with E-state index in [1.807, 2.05) is 25.1 Å². The first-order valence-electron chi connectivity index (χ1n) is 10.2. The number of carbonyl (C=O) groups excluding carboxylic acids is 1. The van der Waals surface area contributed by atoms with Gasteiger partial charge in [-0.05, 0) is 25.3 Å². The van der Waals surface area contributed by atoms with E-state index in [0.717, 1.165) is 72.8 Å². The second kappa shape index (κ2) is 8.98. The van der Waals surface area contributed by atoms with Gasteiger partial charge < -0.3 is 10.3 Å². The summed E-state index contributed by atoms with van der Waals surface area (Å²) < 4.78 is 2.34. The molecule has 2 N–H and O–H groups in total. The van der Waals surface area contributed by atoms with Crippen LogP contribution in [0.2, 0.25) is 0 Å². The number of unbranched alkanes of at least 4 members (excludes halogenated alkanes) is 3. The molecule has 0 bridgehead atoms. The smallest absolute Gasteiger partial charge is 0.152 e. The highest BCUT2D eigenvalue weighted by Gasteiger charge is 2.16. The van der Waals surface area contributed by atoms with Gasteiger partial charge in [-0.1, -0.05) is 44.9 Å². The first-order chi connectivity index (χ1) is 13.2. The third-order valence-corrected chi connectivity index (χ3v) is 5.17. The Morgan fingerprint density at radius 3 is 2.67 bits per heavy atom. The Bertz CT molecular complexity index is 929. The van der Waals surface area contributed by atoms with Crippen LogP contribution >= 0.6 is 0 Å². The van der Waals surface area contributed by atoms with Gasteiger partial charge in [0.05, 0.1) is 11.0 Å². The van der Waals surface area contributed by atoms with Crippen LogP contribution < -0.4 is 5.73 Å². The maximum absolute atomic E-state index is 11.5. The summed E-state index contributed by atoms with van der Waals surface area (Å²) in [4.78, 5) is 20.9. The van der Waals surface area contributed by atoms with E-state index in [-0.39, 0.29) is 0 Å². The Morgan fingerprint density at radius 1 is 1.07 bits per heavy atom. The molecular weight excluding hydrogens is 336 g/mol.